The first-order valence-electron chi connectivity index (χ1n) is 11.5. The number of aromatic nitrogens is 1. The Kier molecular flexibility index (Phi) is 10.7. The number of benzene rings is 1. The molecule has 1 aromatic heterocycles. The number of H-pyrrole nitrogens is 1. The van der Waals surface area contributed by atoms with Gasteiger partial charge in [0.15, 0.2) is 0 Å². The summed E-state index contributed by atoms with van der Waals surface area (Å²) in [5, 5.41) is 26.6. The van der Waals surface area contributed by atoms with Crippen LogP contribution in [-0.4, -0.2) is 81.5 Å². The molecule has 38 heavy (non-hydrogen) atoms. The minimum atomic E-state index is -1.65. The number of amides is 5. The number of carboxylic acid groups (broad SMARTS) is 1. The maximum atomic E-state index is 13.1. The first-order valence-corrected chi connectivity index (χ1v) is 11.5. The van der Waals surface area contributed by atoms with E-state index in [4.69, 9.17) is 17.2 Å². The number of aromatic amines is 1. The van der Waals surface area contributed by atoms with E-state index in [0.29, 0.717) is 5.56 Å². The molecule has 12 N–H and O–H groups in total. The van der Waals surface area contributed by atoms with Crippen LogP contribution in [0.5, 0.6) is 0 Å². The average molecular weight is 534 g/mol. The zero-order valence-electron chi connectivity index (χ0n) is 20.3. The summed E-state index contributed by atoms with van der Waals surface area (Å²) >= 11 is 0. The Labute approximate surface area is 216 Å². The molecule has 1 heterocycles. The van der Waals surface area contributed by atoms with Gasteiger partial charge in [-0.1, -0.05) is 18.2 Å². The number of aliphatic hydroxyl groups is 1. The molecule has 15 heteroatoms. The Balaban J connectivity index is 2.24. The lowest BCUT2D eigenvalue weighted by molar-refractivity contribution is -0.143. The van der Waals surface area contributed by atoms with Crippen LogP contribution in [0.25, 0.3) is 10.9 Å². The fourth-order valence-electron chi connectivity index (χ4n) is 3.58. The van der Waals surface area contributed by atoms with Crippen molar-refractivity contribution in [3.8, 4) is 0 Å². The molecule has 0 saturated carbocycles. The van der Waals surface area contributed by atoms with Gasteiger partial charge in [0.25, 0.3) is 0 Å². The standard InChI is InChI=1S/C23H31N7O8/c24-13(5-6-18(25)32)20(34)30-17(10-31)22(36)28-15(21(35)29-16(23(37)38)8-19(26)33)7-11-9-27-14-4-2-1-3-12(11)14/h1-4,9,13,15-17,27,31H,5-8,10,24H2,(H2,25,32)(H2,26,33)(H,28,36)(H,29,35)(H,30,34)(H,37,38). The molecule has 5 amide bonds. The Morgan fingerprint density at radius 3 is 2.08 bits per heavy atom. The molecule has 0 radical (unpaired) electrons. The van der Waals surface area contributed by atoms with Gasteiger partial charge in [-0.15, -0.1) is 0 Å². The fraction of sp³-hybridized carbons (Fsp3) is 0.391. The molecule has 0 aliphatic heterocycles. The molecule has 1 aromatic carbocycles. The van der Waals surface area contributed by atoms with Crippen molar-refractivity contribution in [2.75, 3.05) is 6.61 Å². The van der Waals surface area contributed by atoms with Gasteiger partial charge in [0.2, 0.25) is 29.5 Å². The maximum Gasteiger partial charge on any atom is 0.326 e. The van der Waals surface area contributed by atoms with Gasteiger partial charge >= 0.3 is 5.97 Å². The van der Waals surface area contributed by atoms with Crippen molar-refractivity contribution in [1.82, 2.24) is 20.9 Å². The van der Waals surface area contributed by atoms with Gasteiger partial charge in [-0.05, 0) is 18.1 Å². The number of aliphatic hydroxyl groups excluding tert-OH is 1. The van der Waals surface area contributed by atoms with Crippen LogP contribution < -0.4 is 33.2 Å². The Hall–Kier alpha value is -4.50. The highest BCUT2D eigenvalue weighted by atomic mass is 16.4. The van der Waals surface area contributed by atoms with E-state index >= 15 is 0 Å². The monoisotopic (exact) mass is 533 g/mol. The van der Waals surface area contributed by atoms with E-state index in [2.05, 4.69) is 20.9 Å². The number of hydrogen-bond acceptors (Lipinski definition) is 8. The maximum absolute atomic E-state index is 13.1. The highest BCUT2D eigenvalue weighted by Gasteiger charge is 2.31. The van der Waals surface area contributed by atoms with Crippen LogP contribution in [0.15, 0.2) is 30.5 Å². The predicted octanol–water partition coefficient (Wildman–Crippen LogP) is -3.29. The number of carboxylic acids is 1. The van der Waals surface area contributed by atoms with Crippen molar-refractivity contribution in [1.29, 1.82) is 0 Å². The molecule has 206 valence electrons. The normalized spacial score (nSPS) is 14.1. The summed E-state index contributed by atoms with van der Waals surface area (Å²) in [7, 11) is 0. The van der Waals surface area contributed by atoms with Crippen molar-refractivity contribution in [2.24, 2.45) is 17.2 Å². The smallest absolute Gasteiger partial charge is 0.326 e. The molecule has 0 saturated heterocycles. The Bertz CT molecular complexity index is 1200. The third kappa shape index (κ3) is 8.56. The molecule has 2 rings (SSSR count). The summed E-state index contributed by atoms with van der Waals surface area (Å²) in [5.74, 6) is -5.91. The first-order chi connectivity index (χ1) is 17.9. The van der Waals surface area contributed by atoms with E-state index in [1.807, 2.05) is 0 Å². The molecule has 0 bridgehead atoms. The largest absolute Gasteiger partial charge is 0.480 e. The van der Waals surface area contributed by atoms with Crippen molar-refractivity contribution < 1.29 is 39.0 Å². The number of para-hydroxylation sites is 1. The summed E-state index contributed by atoms with van der Waals surface area (Å²) in [6.45, 7) is -0.860. The van der Waals surface area contributed by atoms with Crippen LogP contribution in [0.4, 0.5) is 0 Å². The van der Waals surface area contributed by atoms with Crippen LogP contribution in [-0.2, 0) is 35.2 Å². The van der Waals surface area contributed by atoms with E-state index in [1.165, 1.54) is 0 Å². The van der Waals surface area contributed by atoms with E-state index in [9.17, 15) is 39.0 Å². The minimum absolute atomic E-state index is 0.0943. The number of rotatable bonds is 15. The van der Waals surface area contributed by atoms with E-state index in [0.717, 1.165) is 10.9 Å². The number of aliphatic carboxylic acids is 1. The SMILES string of the molecule is NC(=O)CCC(N)C(=O)NC(CO)C(=O)NC(Cc1c[nH]c2ccccc12)C(=O)NC(CC(N)=O)C(=O)O. The number of carbonyl (C=O) groups excluding carboxylic acids is 5. The molecule has 0 aliphatic carbocycles. The Morgan fingerprint density at radius 2 is 1.47 bits per heavy atom. The molecule has 0 spiro atoms. The summed E-state index contributed by atoms with van der Waals surface area (Å²) in [4.78, 5) is 75.0. The number of carbonyl (C=O) groups is 6. The van der Waals surface area contributed by atoms with Gasteiger partial charge in [-0.25, -0.2) is 4.79 Å². The molecule has 4 unspecified atom stereocenters. The highest BCUT2D eigenvalue weighted by Crippen LogP contribution is 2.19. The molecule has 0 aliphatic rings. The second-order valence-electron chi connectivity index (χ2n) is 8.55. The summed E-state index contributed by atoms with van der Waals surface area (Å²) in [6, 6.07) is 1.36. The molecular weight excluding hydrogens is 502 g/mol. The van der Waals surface area contributed by atoms with Crippen LogP contribution >= 0.6 is 0 Å². The predicted molar refractivity (Wildman–Crippen MR) is 133 cm³/mol. The zero-order chi connectivity index (χ0) is 28.4. The number of fused-ring (bicyclic) bond motifs is 1. The third-order valence-electron chi connectivity index (χ3n) is 5.61. The van der Waals surface area contributed by atoms with Crippen LogP contribution in [0.3, 0.4) is 0 Å². The quantitative estimate of drug-likeness (QED) is 0.111. The van der Waals surface area contributed by atoms with Gasteiger partial charge < -0.3 is 48.3 Å². The van der Waals surface area contributed by atoms with Gasteiger partial charge in [-0.3, -0.25) is 24.0 Å². The van der Waals surface area contributed by atoms with Crippen LogP contribution in [0.1, 0.15) is 24.8 Å². The Morgan fingerprint density at radius 1 is 0.868 bits per heavy atom. The number of nitrogens with two attached hydrogens (primary N) is 3. The van der Waals surface area contributed by atoms with Crippen LogP contribution in [0, 0.1) is 0 Å². The molecular formula is C23H31N7O8. The van der Waals surface area contributed by atoms with Crippen molar-refractivity contribution >= 4 is 46.4 Å². The van der Waals surface area contributed by atoms with E-state index in [-0.39, 0.29) is 19.3 Å². The van der Waals surface area contributed by atoms with Crippen LogP contribution in [0.2, 0.25) is 0 Å². The van der Waals surface area contributed by atoms with Crippen molar-refractivity contribution in [3.63, 3.8) is 0 Å². The molecule has 0 fully saturated rings. The second-order valence-corrected chi connectivity index (χ2v) is 8.55. The van der Waals surface area contributed by atoms with Gasteiger partial charge in [0.05, 0.1) is 19.1 Å². The number of primary amides is 2. The zero-order valence-corrected chi connectivity index (χ0v) is 20.3. The topological polar surface area (TPSA) is 273 Å². The average Bonchev–Trinajstić information content (AvgIpc) is 3.27. The van der Waals surface area contributed by atoms with Crippen molar-refractivity contribution in [3.05, 3.63) is 36.0 Å². The summed E-state index contributed by atoms with van der Waals surface area (Å²) < 4.78 is 0. The van der Waals surface area contributed by atoms with Crippen molar-refractivity contribution in [2.45, 2.75) is 49.9 Å². The van der Waals surface area contributed by atoms with Gasteiger partial charge in [0, 0.05) is 29.9 Å². The first kappa shape index (κ1) is 29.7. The lowest BCUT2D eigenvalue weighted by Crippen LogP contribution is -2.58. The van der Waals surface area contributed by atoms with Gasteiger partial charge in [0.1, 0.15) is 18.1 Å². The second kappa shape index (κ2) is 13.7. The highest BCUT2D eigenvalue weighted by molar-refractivity contribution is 5.95. The molecule has 15 nitrogen and oxygen atoms in total. The number of nitrogens with one attached hydrogen (secondary N) is 4. The van der Waals surface area contributed by atoms with Gasteiger partial charge in [-0.2, -0.15) is 0 Å². The minimum Gasteiger partial charge on any atom is -0.480 e. The summed E-state index contributed by atoms with van der Waals surface area (Å²) in [6.07, 6.45) is 0.538. The number of hydrogen-bond donors (Lipinski definition) is 9. The molecule has 4 atom stereocenters. The molecule has 2 aromatic rings. The third-order valence-corrected chi connectivity index (χ3v) is 5.61. The lowest BCUT2D eigenvalue weighted by Gasteiger charge is -2.24. The fourth-order valence-corrected chi connectivity index (χ4v) is 3.58. The summed E-state index contributed by atoms with van der Waals surface area (Å²) in [5.41, 5.74) is 17.1. The van der Waals surface area contributed by atoms with E-state index < -0.39 is 72.7 Å². The van der Waals surface area contributed by atoms with E-state index in [1.54, 1.807) is 30.5 Å². The lowest BCUT2D eigenvalue weighted by atomic mass is 10.0.